The van der Waals surface area contributed by atoms with E-state index in [1.165, 1.54) is 0 Å². The lowest BCUT2D eigenvalue weighted by Crippen LogP contribution is -2.30. The Hall–Kier alpha value is -0.323. The molecule has 0 aromatic heterocycles. The van der Waals surface area contributed by atoms with Crippen LogP contribution in [0, 0.1) is 0 Å². The molecule has 0 unspecified atom stereocenters. The molecule has 0 amide bonds. The Kier molecular flexibility index (Phi) is 3.97. The highest BCUT2D eigenvalue weighted by molar-refractivity contribution is 9.10. The van der Waals surface area contributed by atoms with Crippen LogP contribution < -0.4 is 10.2 Å². The monoisotopic (exact) mass is 287 g/mol. The van der Waals surface area contributed by atoms with E-state index in [4.69, 9.17) is 10.2 Å². The van der Waals surface area contributed by atoms with E-state index in [1.54, 1.807) is 0 Å². The van der Waals surface area contributed by atoms with Crippen molar-refractivity contribution in [2.45, 2.75) is 32.6 Å². The van der Waals surface area contributed by atoms with E-state index >= 15 is 0 Å². The minimum absolute atomic E-state index is 0.00412. The van der Waals surface area contributed by atoms with Crippen molar-refractivity contribution < 1.29 is 4.43 Å². The quantitative estimate of drug-likeness (QED) is 0.861. The standard InChI is InChI=1S/C11H18BrNOSi/c1-8(13)10-6-5-9(12)7-11(10)14-15(2,3)4/h5-8H,13H2,1-4H3/t8-/m0/s1. The van der Waals surface area contributed by atoms with Gasteiger partial charge in [-0.15, -0.1) is 0 Å². The van der Waals surface area contributed by atoms with E-state index in [0.29, 0.717) is 0 Å². The summed E-state index contributed by atoms with van der Waals surface area (Å²) in [6.45, 7) is 8.47. The molecule has 4 heteroatoms. The molecule has 1 aromatic rings. The first-order valence-electron chi connectivity index (χ1n) is 5.03. The highest BCUT2D eigenvalue weighted by Gasteiger charge is 2.19. The van der Waals surface area contributed by atoms with Crippen molar-refractivity contribution in [3.05, 3.63) is 28.2 Å². The van der Waals surface area contributed by atoms with E-state index in [0.717, 1.165) is 15.8 Å². The fraction of sp³-hybridized carbons (Fsp3) is 0.455. The molecule has 1 rings (SSSR count). The van der Waals surface area contributed by atoms with Crippen molar-refractivity contribution in [1.29, 1.82) is 0 Å². The summed E-state index contributed by atoms with van der Waals surface area (Å²) in [7, 11) is -1.57. The number of rotatable bonds is 3. The predicted molar refractivity (Wildman–Crippen MR) is 70.7 cm³/mol. The summed E-state index contributed by atoms with van der Waals surface area (Å²) in [5, 5.41) is 0. The lowest BCUT2D eigenvalue weighted by Gasteiger charge is -2.23. The second-order valence-electron chi connectivity index (χ2n) is 4.69. The smallest absolute Gasteiger partial charge is 0.242 e. The zero-order valence-corrected chi connectivity index (χ0v) is 12.3. The van der Waals surface area contributed by atoms with Crippen LogP contribution in [0.1, 0.15) is 18.5 Å². The van der Waals surface area contributed by atoms with E-state index in [-0.39, 0.29) is 6.04 Å². The van der Waals surface area contributed by atoms with Gasteiger partial charge in [-0.3, -0.25) is 0 Å². The Morgan fingerprint density at radius 3 is 2.40 bits per heavy atom. The largest absolute Gasteiger partial charge is 0.544 e. The van der Waals surface area contributed by atoms with E-state index in [1.807, 2.05) is 25.1 Å². The average Bonchev–Trinajstić information content (AvgIpc) is 1.99. The molecule has 0 heterocycles. The first kappa shape index (κ1) is 12.7. The fourth-order valence-electron chi connectivity index (χ4n) is 1.30. The molecule has 1 atom stereocenters. The molecule has 0 spiro atoms. The molecule has 2 nitrogen and oxygen atoms in total. The molecule has 0 bridgehead atoms. The van der Waals surface area contributed by atoms with Crippen molar-refractivity contribution in [2.75, 3.05) is 0 Å². The normalized spacial score (nSPS) is 13.7. The minimum Gasteiger partial charge on any atom is -0.544 e. The number of benzene rings is 1. The lowest BCUT2D eigenvalue weighted by atomic mass is 10.1. The maximum absolute atomic E-state index is 6.00. The maximum atomic E-state index is 6.00. The summed E-state index contributed by atoms with van der Waals surface area (Å²) < 4.78 is 7.03. The van der Waals surface area contributed by atoms with Crippen molar-refractivity contribution in [1.82, 2.24) is 0 Å². The second kappa shape index (κ2) is 4.68. The number of nitrogens with two attached hydrogens (primary N) is 1. The minimum atomic E-state index is -1.57. The van der Waals surface area contributed by atoms with Gasteiger partial charge < -0.3 is 10.2 Å². The Balaban J connectivity index is 3.08. The van der Waals surface area contributed by atoms with Crippen molar-refractivity contribution in [3.63, 3.8) is 0 Å². The summed E-state index contributed by atoms with van der Waals surface area (Å²) in [5.41, 5.74) is 6.97. The highest BCUT2D eigenvalue weighted by Crippen LogP contribution is 2.29. The summed E-state index contributed by atoms with van der Waals surface area (Å²) in [5.74, 6) is 0.915. The SMILES string of the molecule is C[C@H](N)c1ccc(Br)cc1O[Si](C)(C)C. The van der Waals surface area contributed by atoms with Crippen LogP contribution in [0.3, 0.4) is 0 Å². The van der Waals surface area contributed by atoms with Gasteiger partial charge in [-0.2, -0.15) is 0 Å². The molecule has 0 fully saturated rings. The number of halogens is 1. The van der Waals surface area contributed by atoms with Gasteiger partial charge in [0.25, 0.3) is 0 Å². The van der Waals surface area contributed by atoms with Gasteiger partial charge in [-0.05, 0) is 38.7 Å². The van der Waals surface area contributed by atoms with E-state index in [2.05, 4.69) is 35.6 Å². The van der Waals surface area contributed by atoms with Gasteiger partial charge in [-0.1, -0.05) is 22.0 Å². The molecule has 0 saturated heterocycles. The first-order valence-corrected chi connectivity index (χ1v) is 9.24. The molecule has 0 aliphatic heterocycles. The maximum Gasteiger partial charge on any atom is 0.242 e. The number of hydrogen-bond donors (Lipinski definition) is 1. The third-order valence-electron chi connectivity index (χ3n) is 1.88. The zero-order chi connectivity index (χ0) is 11.6. The summed E-state index contributed by atoms with van der Waals surface area (Å²) >= 11 is 3.45. The number of hydrogen-bond acceptors (Lipinski definition) is 2. The molecule has 0 saturated carbocycles. The summed E-state index contributed by atoms with van der Waals surface area (Å²) in [6, 6.07) is 6.01. The lowest BCUT2D eigenvalue weighted by molar-refractivity contribution is 0.542. The van der Waals surface area contributed by atoms with E-state index < -0.39 is 8.32 Å². The van der Waals surface area contributed by atoms with Gasteiger partial charge in [0.05, 0.1) is 0 Å². The van der Waals surface area contributed by atoms with Crippen LogP contribution in [0.15, 0.2) is 22.7 Å². The first-order chi connectivity index (χ1) is 6.79. The van der Waals surface area contributed by atoms with E-state index in [9.17, 15) is 0 Å². The van der Waals surface area contributed by atoms with Crippen LogP contribution in [0.2, 0.25) is 19.6 Å². The Labute approximate surface area is 101 Å². The third kappa shape index (κ3) is 3.97. The Morgan fingerprint density at radius 1 is 1.33 bits per heavy atom. The molecule has 84 valence electrons. The molecular weight excluding hydrogens is 270 g/mol. The molecule has 0 aliphatic carbocycles. The van der Waals surface area contributed by atoms with Gasteiger partial charge in [0, 0.05) is 16.1 Å². The van der Waals surface area contributed by atoms with Crippen molar-refractivity contribution >= 4 is 24.2 Å². The highest BCUT2D eigenvalue weighted by atomic mass is 79.9. The van der Waals surface area contributed by atoms with Crippen LogP contribution >= 0.6 is 15.9 Å². The van der Waals surface area contributed by atoms with Crippen LogP contribution in [-0.2, 0) is 0 Å². The fourth-order valence-corrected chi connectivity index (χ4v) is 2.48. The zero-order valence-electron chi connectivity index (χ0n) is 9.67. The van der Waals surface area contributed by atoms with Gasteiger partial charge in [0.1, 0.15) is 5.75 Å². The van der Waals surface area contributed by atoms with Gasteiger partial charge in [0.2, 0.25) is 8.32 Å². The molecule has 1 aromatic carbocycles. The van der Waals surface area contributed by atoms with Gasteiger partial charge in [0.15, 0.2) is 0 Å². The Bertz CT molecular complexity index is 347. The van der Waals surface area contributed by atoms with Crippen LogP contribution in [-0.4, -0.2) is 8.32 Å². The van der Waals surface area contributed by atoms with Crippen LogP contribution in [0.4, 0.5) is 0 Å². The summed E-state index contributed by atoms with van der Waals surface area (Å²) in [6.07, 6.45) is 0. The van der Waals surface area contributed by atoms with Gasteiger partial charge in [-0.25, -0.2) is 0 Å². The second-order valence-corrected chi connectivity index (χ2v) is 10.0. The van der Waals surface area contributed by atoms with Crippen LogP contribution in [0.5, 0.6) is 5.75 Å². The molecule has 0 radical (unpaired) electrons. The molecule has 2 N–H and O–H groups in total. The topological polar surface area (TPSA) is 35.2 Å². The Morgan fingerprint density at radius 2 is 1.93 bits per heavy atom. The molecule has 0 aliphatic rings. The molecule has 15 heavy (non-hydrogen) atoms. The summed E-state index contributed by atoms with van der Waals surface area (Å²) in [4.78, 5) is 0. The van der Waals surface area contributed by atoms with Crippen molar-refractivity contribution in [2.24, 2.45) is 5.73 Å². The third-order valence-corrected chi connectivity index (χ3v) is 3.21. The van der Waals surface area contributed by atoms with Gasteiger partial charge >= 0.3 is 0 Å². The van der Waals surface area contributed by atoms with Crippen molar-refractivity contribution in [3.8, 4) is 5.75 Å². The predicted octanol–water partition coefficient (Wildman–Crippen LogP) is 3.68. The molecular formula is C11H18BrNOSi. The average molecular weight is 288 g/mol. The van der Waals surface area contributed by atoms with Crippen LogP contribution in [0.25, 0.3) is 0 Å².